The van der Waals surface area contributed by atoms with E-state index in [1.165, 1.54) is 0 Å². The van der Waals surface area contributed by atoms with Crippen molar-refractivity contribution in [3.05, 3.63) is 75.6 Å². The monoisotopic (exact) mass is 617 g/mol. The highest BCUT2D eigenvalue weighted by Crippen LogP contribution is 2.53. The van der Waals surface area contributed by atoms with E-state index < -0.39 is 58.0 Å². The third-order valence-corrected chi connectivity index (χ3v) is 9.51. The Labute approximate surface area is 261 Å². The second-order valence-electron chi connectivity index (χ2n) is 12.7. The maximum atomic E-state index is 13.9. The molecule has 3 aliphatic carbocycles. The van der Waals surface area contributed by atoms with Crippen LogP contribution in [0.1, 0.15) is 41.5 Å². The third kappa shape index (κ3) is 5.29. The highest BCUT2D eigenvalue weighted by Gasteiger charge is 2.60. The number of phenolic OH excluding ortho intramolecular Hbond substituents is 1. The molecule has 0 bridgehead atoms. The fourth-order valence-corrected chi connectivity index (χ4v) is 7.16. The first-order valence-electron chi connectivity index (χ1n) is 14.9. The van der Waals surface area contributed by atoms with Gasteiger partial charge in [-0.15, -0.1) is 0 Å². The quantitative estimate of drug-likeness (QED) is 0.262. The molecule has 1 unspecified atom stereocenters. The van der Waals surface area contributed by atoms with E-state index in [1.807, 2.05) is 54.2 Å². The number of phenols is 1. The topological polar surface area (TPSA) is 182 Å². The van der Waals surface area contributed by atoms with Crippen LogP contribution in [0.4, 0.5) is 5.69 Å². The van der Waals surface area contributed by atoms with Crippen LogP contribution in [-0.4, -0.2) is 88.4 Å². The van der Waals surface area contributed by atoms with Crippen LogP contribution in [0.25, 0.3) is 5.76 Å². The maximum absolute atomic E-state index is 13.9. The molecule has 1 saturated carbocycles. The zero-order valence-electron chi connectivity index (χ0n) is 25.8. The van der Waals surface area contributed by atoms with Crippen LogP contribution in [0.2, 0.25) is 0 Å². The van der Waals surface area contributed by atoms with E-state index in [0.29, 0.717) is 23.2 Å². The second kappa shape index (κ2) is 11.8. The van der Waals surface area contributed by atoms with Crippen LogP contribution in [0, 0.1) is 11.8 Å². The van der Waals surface area contributed by atoms with Gasteiger partial charge in [-0.25, -0.2) is 0 Å². The molecule has 11 nitrogen and oxygen atoms in total. The minimum Gasteiger partial charge on any atom is -0.508 e. The number of carbonyl (C=O) groups excluding carboxylic acids is 4. The van der Waals surface area contributed by atoms with E-state index in [-0.39, 0.29) is 54.8 Å². The fourth-order valence-electron chi connectivity index (χ4n) is 7.16. The first-order chi connectivity index (χ1) is 21.2. The number of benzene rings is 2. The van der Waals surface area contributed by atoms with Gasteiger partial charge in [-0.1, -0.05) is 30.3 Å². The first kappa shape index (κ1) is 31.9. The predicted octanol–water partition coefficient (Wildman–Crippen LogP) is 2.16. The summed E-state index contributed by atoms with van der Waals surface area (Å²) in [5, 5.41) is 45.4. The zero-order valence-corrected chi connectivity index (χ0v) is 25.8. The van der Waals surface area contributed by atoms with Crippen LogP contribution in [0.3, 0.4) is 0 Å². The van der Waals surface area contributed by atoms with Gasteiger partial charge in [0.25, 0.3) is 5.91 Å². The number of hydrogen-bond acceptors (Lipinski definition) is 10. The summed E-state index contributed by atoms with van der Waals surface area (Å²) in [6.45, 7) is 0. The lowest BCUT2D eigenvalue weighted by Crippen LogP contribution is -2.58. The van der Waals surface area contributed by atoms with Crippen LogP contribution >= 0.6 is 0 Å². The van der Waals surface area contributed by atoms with Crippen molar-refractivity contribution in [1.29, 1.82) is 0 Å². The molecule has 0 radical (unpaired) electrons. The number of nitrogens with two attached hydrogens (primary N) is 1. The number of aryl methyl sites for hydroxylation is 1. The molecule has 0 aromatic heterocycles. The second-order valence-corrected chi connectivity index (χ2v) is 12.7. The highest BCUT2D eigenvalue weighted by molar-refractivity contribution is 6.22. The lowest BCUT2D eigenvalue weighted by Gasteiger charge is -2.46. The standard InChI is InChI=1S/C34H39N3O8/c1-36(2)22-15-18(10-11-24(38)23(37(3)4)12-17-8-6-5-7-9-17)29(40)27-21(22)14-19-13-20-16-25(39)28(33(35)44)32(43)34(20,45)31(42)26(19)30(27)41/h5-9,15,19-20,23,40-41,43,45H,10-14,16H2,1-4H3,(H2,35,44)/t19-,20+,23?,34+/m1/s1. The first-order valence-corrected chi connectivity index (χ1v) is 14.9. The van der Waals surface area contributed by atoms with Gasteiger partial charge in [0.2, 0.25) is 5.78 Å². The molecule has 238 valence electrons. The lowest BCUT2D eigenvalue weighted by atomic mass is 9.59. The van der Waals surface area contributed by atoms with Crippen molar-refractivity contribution < 1.29 is 39.6 Å². The van der Waals surface area contributed by atoms with Gasteiger partial charge in [0.15, 0.2) is 17.2 Å². The molecule has 4 atom stereocenters. The number of ketones is 3. The van der Waals surface area contributed by atoms with Gasteiger partial charge in [-0.2, -0.15) is 0 Å². The van der Waals surface area contributed by atoms with Crippen molar-refractivity contribution in [2.24, 2.45) is 17.6 Å². The van der Waals surface area contributed by atoms with E-state index in [9.17, 15) is 39.6 Å². The number of carbonyl (C=O) groups is 4. The lowest BCUT2D eigenvalue weighted by molar-refractivity contribution is -0.147. The average Bonchev–Trinajstić information content (AvgIpc) is 2.97. The summed E-state index contributed by atoms with van der Waals surface area (Å²) < 4.78 is 0. The summed E-state index contributed by atoms with van der Waals surface area (Å²) in [7, 11) is 7.29. The molecule has 1 amide bonds. The molecule has 11 heteroatoms. The van der Waals surface area contributed by atoms with Gasteiger partial charge in [-0.05, 0) is 68.5 Å². The number of aliphatic hydroxyl groups is 3. The molecule has 1 fully saturated rings. The molecule has 3 aliphatic rings. The van der Waals surface area contributed by atoms with Gasteiger partial charge in [0, 0.05) is 44.1 Å². The largest absolute Gasteiger partial charge is 0.508 e. The number of amides is 1. The number of aromatic hydroxyl groups is 1. The normalized spacial score (nSPS) is 23.4. The maximum Gasteiger partial charge on any atom is 0.255 e. The zero-order chi connectivity index (χ0) is 33.0. The Bertz CT molecular complexity index is 1660. The smallest absolute Gasteiger partial charge is 0.255 e. The molecule has 6 N–H and O–H groups in total. The fraction of sp³-hybridized carbons (Fsp3) is 0.412. The van der Waals surface area contributed by atoms with Crippen molar-refractivity contribution in [3.8, 4) is 5.75 Å². The van der Waals surface area contributed by atoms with Gasteiger partial charge >= 0.3 is 0 Å². The summed E-state index contributed by atoms with van der Waals surface area (Å²) in [6, 6.07) is 11.1. The van der Waals surface area contributed by atoms with Crippen molar-refractivity contribution in [2.75, 3.05) is 33.1 Å². The van der Waals surface area contributed by atoms with E-state index in [1.54, 1.807) is 20.2 Å². The van der Waals surface area contributed by atoms with E-state index in [2.05, 4.69) is 0 Å². The van der Waals surface area contributed by atoms with Crippen LogP contribution in [0.15, 0.2) is 53.3 Å². The third-order valence-electron chi connectivity index (χ3n) is 9.51. The Hall–Kier alpha value is -4.48. The molecule has 5 rings (SSSR count). The van der Waals surface area contributed by atoms with Crippen molar-refractivity contribution >= 4 is 34.7 Å². The molecule has 0 spiro atoms. The highest BCUT2D eigenvalue weighted by atomic mass is 16.3. The number of Topliss-reactive ketones (excluding diaryl/α,β-unsaturated/α-hetero) is 3. The van der Waals surface area contributed by atoms with E-state index in [0.717, 1.165) is 5.56 Å². The van der Waals surface area contributed by atoms with Gasteiger partial charge < -0.3 is 31.1 Å². The number of aliphatic hydroxyl groups excluding tert-OH is 2. The number of primary amides is 1. The van der Waals surface area contributed by atoms with Gasteiger partial charge in [0.1, 0.15) is 22.8 Å². The number of rotatable bonds is 9. The van der Waals surface area contributed by atoms with Crippen LogP contribution < -0.4 is 10.6 Å². The summed E-state index contributed by atoms with van der Waals surface area (Å²) in [5.74, 6) is -6.70. The van der Waals surface area contributed by atoms with E-state index in [4.69, 9.17) is 5.73 Å². The average molecular weight is 618 g/mol. The Morgan fingerprint density at radius 3 is 2.31 bits per heavy atom. The molecule has 0 saturated heterocycles. The number of anilines is 1. The molecule has 0 aliphatic heterocycles. The summed E-state index contributed by atoms with van der Waals surface area (Å²) in [6.07, 6.45) is 0.680. The van der Waals surface area contributed by atoms with Gasteiger partial charge in [0.05, 0.1) is 11.6 Å². The summed E-state index contributed by atoms with van der Waals surface area (Å²) >= 11 is 0. The van der Waals surface area contributed by atoms with Crippen LogP contribution in [0.5, 0.6) is 5.75 Å². The number of nitrogens with zero attached hydrogens (tertiary/aromatic N) is 2. The molecule has 2 aromatic carbocycles. The molecular formula is C34H39N3O8. The van der Waals surface area contributed by atoms with Crippen molar-refractivity contribution in [3.63, 3.8) is 0 Å². The van der Waals surface area contributed by atoms with Crippen LogP contribution in [-0.2, 0) is 38.4 Å². The molecule has 0 heterocycles. The van der Waals surface area contributed by atoms with E-state index >= 15 is 0 Å². The Morgan fingerprint density at radius 2 is 1.71 bits per heavy atom. The number of fused-ring (bicyclic) bond motifs is 3. The number of likely N-dealkylation sites (N-methyl/N-ethyl adjacent to an activating group) is 1. The Kier molecular flexibility index (Phi) is 8.37. The van der Waals surface area contributed by atoms with Crippen molar-refractivity contribution in [1.82, 2.24) is 4.90 Å². The SMILES string of the molecule is CN(C)c1cc(CCC(=O)C(Cc2ccccc2)N(C)C)c(O)c2c1C[C@H]1C[C@H]3CC(=O)C(C(N)=O)=C(O)[C@@]3(O)C(=O)C1=C2O. The summed E-state index contributed by atoms with van der Waals surface area (Å²) in [4.78, 5) is 55.5. The Balaban J connectivity index is 1.53. The summed E-state index contributed by atoms with van der Waals surface area (Å²) in [5.41, 5.74) is 4.31. The Morgan fingerprint density at radius 1 is 1.04 bits per heavy atom. The number of hydrogen-bond donors (Lipinski definition) is 5. The van der Waals surface area contributed by atoms with Crippen molar-refractivity contribution in [2.45, 2.75) is 50.2 Å². The molecular weight excluding hydrogens is 578 g/mol. The predicted molar refractivity (Wildman–Crippen MR) is 167 cm³/mol. The molecule has 45 heavy (non-hydrogen) atoms. The van der Waals surface area contributed by atoms with Gasteiger partial charge in [-0.3, -0.25) is 24.1 Å². The minimum atomic E-state index is -2.63. The molecule has 2 aromatic rings. The minimum absolute atomic E-state index is 0.0178.